The average Bonchev–Trinajstić information content (AvgIpc) is 3.19. The van der Waals surface area contributed by atoms with Crippen molar-refractivity contribution in [1.82, 2.24) is 4.90 Å². The normalized spacial score (nSPS) is 14.9. The predicted octanol–water partition coefficient (Wildman–Crippen LogP) is 7.20. The number of allylic oxidation sites excluding steroid dienone is 4. The SMILES string of the molecule is CCCCCC/C=C\CC/C=C\CCCCCCCC(=O)N1CCCC1. The molecule has 0 N–H and O–H groups in total. The molecule has 1 fully saturated rings. The van der Waals surface area contributed by atoms with E-state index in [1.165, 1.54) is 89.9 Å². The van der Waals surface area contributed by atoms with Crippen molar-refractivity contribution < 1.29 is 4.79 Å². The van der Waals surface area contributed by atoms with Gasteiger partial charge in [0.2, 0.25) is 5.91 Å². The van der Waals surface area contributed by atoms with Crippen LogP contribution in [0.5, 0.6) is 0 Å². The second-order valence-corrected chi connectivity index (χ2v) is 7.76. The third kappa shape index (κ3) is 13.2. The van der Waals surface area contributed by atoms with Gasteiger partial charge in [-0.1, -0.05) is 69.8 Å². The lowest BCUT2D eigenvalue weighted by Gasteiger charge is -2.14. The van der Waals surface area contributed by atoms with Crippen LogP contribution < -0.4 is 0 Å². The predicted molar refractivity (Wildman–Crippen MR) is 114 cm³/mol. The van der Waals surface area contributed by atoms with Gasteiger partial charge in [-0.05, 0) is 57.8 Å². The van der Waals surface area contributed by atoms with E-state index in [-0.39, 0.29) is 0 Å². The first-order valence-corrected chi connectivity index (χ1v) is 11.4. The van der Waals surface area contributed by atoms with E-state index in [1.807, 2.05) is 4.90 Å². The highest BCUT2D eigenvalue weighted by molar-refractivity contribution is 5.76. The summed E-state index contributed by atoms with van der Waals surface area (Å²) in [7, 11) is 0. The van der Waals surface area contributed by atoms with Gasteiger partial charge in [-0.3, -0.25) is 4.79 Å². The van der Waals surface area contributed by atoms with Gasteiger partial charge in [-0.15, -0.1) is 0 Å². The number of unbranched alkanes of at least 4 members (excludes halogenated alkanes) is 10. The standard InChI is InChI=1S/C24H43NO/c1-2-3-4-5-6-7-8-9-10-11-12-13-14-15-16-17-18-21-24(26)25-22-19-20-23-25/h7-8,11-12H,2-6,9-10,13-23H2,1H3/b8-7-,12-11-. The minimum absolute atomic E-state index is 0.389. The van der Waals surface area contributed by atoms with Crippen molar-refractivity contribution >= 4 is 5.91 Å². The van der Waals surface area contributed by atoms with E-state index < -0.39 is 0 Å². The van der Waals surface area contributed by atoms with E-state index in [9.17, 15) is 4.79 Å². The third-order valence-electron chi connectivity index (χ3n) is 5.28. The Balaban J connectivity index is 1.79. The van der Waals surface area contributed by atoms with Crippen molar-refractivity contribution in [2.45, 2.75) is 110 Å². The van der Waals surface area contributed by atoms with Crippen LogP contribution in [0, 0.1) is 0 Å². The Hall–Kier alpha value is -1.05. The zero-order chi connectivity index (χ0) is 18.7. The van der Waals surface area contributed by atoms with Crippen molar-refractivity contribution in [3.63, 3.8) is 0 Å². The maximum atomic E-state index is 11.9. The molecule has 0 unspecified atom stereocenters. The Kier molecular flexibility index (Phi) is 15.4. The van der Waals surface area contributed by atoms with Gasteiger partial charge >= 0.3 is 0 Å². The Morgan fingerprint density at radius 3 is 1.81 bits per heavy atom. The van der Waals surface area contributed by atoms with E-state index in [0.29, 0.717) is 5.91 Å². The molecule has 0 aromatic rings. The number of hydrogen-bond acceptors (Lipinski definition) is 1. The van der Waals surface area contributed by atoms with Crippen LogP contribution in [-0.2, 0) is 4.79 Å². The third-order valence-corrected chi connectivity index (χ3v) is 5.28. The van der Waals surface area contributed by atoms with Gasteiger partial charge in [0.1, 0.15) is 0 Å². The van der Waals surface area contributed by atoms with E-state index in [4.69, 9.17) is 0 Å². The summed E-state index contributed by atoms with van der Waals surface area (Å²) in [5, 5.41) is 0. The first-order chi connectivity index (χ1) is 12.8. The fourth-order valence-corrected chi connectivity index (χ4v) is 3.55. The summed E-state index contributed by atoms with van der Waals surface area (Å²) in [5.41, 5.74) is 0. The molecule has 0 aliphatic carbocycles. The van der Waals surface area contributed by atoms with Crippen LogP contribution in [0.2, 0.25) is 0 Å². The largest absolute Gasteiger partial charge is 0.343 e. The molecule has 1 aliphatic heterocycles. The number of hydrogen-bond donors (Lipinski definition) is 0. The molecule has 0 spiro atoms. The molecular formula is C24H43NO. The fourth-order valence-electron chi connectivity index (χ4n) is 3.55. The quantitative estimate of drug-likeness (QED) is 0.210. The van der Waals surface area contributed by atoms with Crippen molar-refractivity contribution in [1.29, 1.82) is 0 Å². The van der Waals surface area contributed by atoms with Crippen LogP contribution in [0.25, 0.3) is 0 Å². The monoisotopic (exact) mass is 361 g/mol. The highest BCUT2D eigenvalue weighted by atomic mass is 16.2. The minimum Gasteiger partial charge on any atom is -0.343 e. The van der Waals surface area contributed by atoms with E-state index in [2.05, 4.69) is 31.2 Å². The number of nitrogens with zero attached hydrogens (tertiary/aromatic N) is 1. The summed E-state index contributed by atoms with van der Waals surface area (Å²) in [6.07, 6.45) is 29.0. The number of amides is 1. The maximum Gasteiger partial charge on any atom is 0.222 e. The molecule has 0 radical (unpaired) electrons. The first-order valence-electron chi connectivity index (χ1n) is 11.4. The van der Waals surface area contributed by atoms with Gasteiger partial charge in [0.25, 0.3) is 0 Å². The molecule has 0 atom stereocenters. The van der Waals surface area contributed by atoms with Crippen molar-refractivity contribution in [2.75, 3.05) is 13.1 Å². The van der Waals surface area contributed by atoms with Crippen LogP contribution in [0.3, 0.4) is 0 Å². The summed E-state index contributed by atoms with van der Waals surface area (Å²) in [5.74, 6) is 0.389. The number of carbonyl (C=O) groups excluding carboxylic acids is 1. The van der Waals surface area contributed by atoms with Crippen molar-refractivity contribution in [2.24, 2.45) is 0 Å². The summed E-state index contributed by atoms with van der Waals surface area (Å²) in [6.45, 7) is 4.26. The van der Waals surface area contributed by atoms with Gasteiger partial charge < -0.3 is 4.90 Å². The molecule has 1 saturated heterocycles. The Bertz CT molecular complexity index is 380. The van der Waals surface area contributed by atoms with Gasteiger partial charge in [0.05, 0.1) is 0 Å². The van der Waals surface area contributed by atoms with E-state index >= 15 is 0 Å². The fraction of sp³-hybridized carbons (Fsp3) is 0.792. The minimum atomic E-state index is 0.389. The Morgan fingerprint density at radius 1 is 0.692 bits per heavy atom. The van der Waals surface area contributed by atoms with Crippen LogP contribution in [0.1, 0.15) is 110 Å². The number of likely N-dealkylation sites (tertiary alicyclic amines) is 1. The second-order valence-electron chi connectivity index (χ2n) is 7.76. The van der Waals surface area contributed by atoms with Gasteiger partial charge in [-0.25, -0.2) is 0 Å². The maximum absolute atomic E-state index is 11.9. The van der Waals surface area contributed by atoms with Crippen LogP contribution in [0.4, 0.5) is 0 Å². The topological polar surface area (TPSA) is 20.3 Å². The van der Waals surface area contributed by atoms with E-state index in [1.54, 1.807) is 0 Å². The van der Waals surface area contributed by atoms with Crippen LogP contribution in [-0.4, -0.2) is 23.9 Å². The molecule has 150 valence electrons. The zero-order valence-electron chi connectivity index (χ0n) is 17.4. The molecule has 1 rings (SSSR count). The molecular weight excluding hydrogens is 318 g/mol. The summed E-state index contributed by atoms with van der Waals surface area (Å²) in [6, 6.07) is 0. The Labute approximate surface area is 163 Å². The molecule has 26 heavy (non-hydrogen) atoms. The molecule has 1 heterocycles. The van der Waals surface area contributed by atoms with Crippen LogP contribution >= 0.6 is 0 Å². The lowest BCUT2D eigenvalue weighted by Crippen LogP contribution is -2.27. The lowest BCUT2D eigenvalue weighted by atomic mass is 10.1. The number of rotatable bonds is 16. The highest BCUT2D eigenvalue weighted by Crippen LogP contribution is 2.13. The van der Waals surface area contributed by atoms with Gasteiger partial charge in [-0.2, -0.15) is 0 Å². The molecule has 0 aromatic heterocycles. The highest BCUT2D eigenvalue weighted by Gasteiger charge is 2.16. The van der Waals surface area contributed by atoms with Gasteiger partial charge in [0.15, 0.2) is 0 Å². The first kappa shape index (κ1) is 23.0. The second kappa shape index (κ2) is 17.4. The number of carbonyl (C=O) groups is 1. The molecule has 2 heteroatoms. The summed E-state index contributed by atoms with van der Waals surface area (Å²) >= 11 is 0. The van der Waals surface area contributed by atoms with Crippen LogP contribution in [0.15, 0.2) is 24.3 Å². The zero-order valence-corrected chi connectivity index (χ0v) is 17.4. The lowest BCUT2D eigenvalue weighted by molar-refractivity contribution is -0.130. The molecule has 2 nitrogen and oxygen atoms in total. The smallest absolute Gasteiger partial charge is 0.222 e. The van der Waals surface area contributed by atoms with Crippen molar-refractivity contribution in [3.8, 4) is 0 Å². The molecule has 0 saturated carbocycles. The van der Waals surface area contributed by atoms with E-state index in [0.717, 1.165) is 25.9 Å². The molecule has 0 aromatic carbocycles. The summed E-state index contributed by atoms with van der Waals surface area (Å²) in [4.78, 5) is 14.0. The Morgan fingerprint density at radius 2 is 1.19 bits per heavy atom. The molecule has 0 bridgehead atoms. The molecule has 1 aliphatic rings. The molecule has 1 amide bonds. The average molecular weight is 362 g/mol. The summed E-state index contributed by atoms with van der Waals surface area (Å²) < 4.78 is 0. The van der Waals surface area contributed by atoms with Gasteiger partial charge in [0, 0.05) is 19.5 Å². The van der Waals surface area contributed by atoms with Crippen molar-refractivity contribution in [3.05, 3.63) is 24.3 Å².